The van der Waals surface area contributed by atoms with Gasteiger partial charge in [-0.1, -0.05) is 0 Å². The van der Waals surface area contributed by atoms with Crippen LogP contribution < -0.4 is 11.1 Å². The number of hydrogen-bond donors (Lipinski definition) is 3. The first-order chi connectivity index (χ1) is 8.27. The Morgan fingerprint density at radius 2 is 1.89 bits per heavy atom. The van der Waals surface area contributed by atoms with Gasteiger partial charge in [-0.3, -0.25) is 10.1 Å². The van der Waals surface area contributed by atoms with Crippen LogP contribution in [0, 0.1) is 10.1 Å². The van der Waals surface area contributed by atoms with Crippen LogP contribution in [0.1, 0.15) is 12.5 Å². The average Bonchev–Trinajstić information content (AvgIpc) is 2.27. The summed E-state index contributed by atoms with van der Waals surface area (Å²) in [4.78, 5) is 31.8. The molecule has 0 fully saturated rings. The Balaban J connectivity index is 3.18. The van der Waals surface area contributed by atoms with Crippen molar-refractivity contribution >= 4 is 17.7 Å². The van der Waals surface area contributed by atoms with E-state index >= 15 is 0 Å². The predicted molar refractivity (Wildman–Crippen MR) is 60.8 cm³/mol. The van der Waals surface area contributed by atoms with E-state index in [9.17, 15) is 19.7 Å². The van der Waals surface area contributed by atoms with Crippen molar-refractivity contribution in [2.45, 2.75) is 12.5 Å². The molecule has 1 rings (SSSR count). The van der Waals surface area contributed by atoms with Gasteiger partial charge in [0.2, 0.25) is 0 Å². The predicted octanol–water partition coefficient (Wildman–Crippen LogP) is 0.563. The fraction of sp³-hybridized carbons (Fsp3) is 0.200. The lowest BCUT2D eigenvalue weighted by atomic mass is 9.92. The van der Waals surface area contributed by atoms with Crippen LogP contribution >= 0.6 is 0 Å². The summed E-state index contributed by atoms with van der Waals surface area (Å²) in [6.45, 7) is 1.24. The minimum Gasteiger partial charge on any atom is -0.479 e. The van der Waals surface area contributed by atoms with Crippen LogP contribution in [0.2, 0.25) is 0 Å². The van der Waals surface area contributed by atoms with Gasteiger partial charge in [0.1, 0.15) is 0 Å². The SMILES string of the molecule is CC(NC(N)=O)(C(=O)O)c1ccc([N+](=O)[O-])cc1. The number of hydrogen-bond acceptors (Lipinski definition) is 4. The number of nitro benzene ring substituents is 1. The van der Waals surface area contributed by atoms with E-state index in [1.807, 2.05) is 0 Å². The normalized spacial score (nSPS) is 13.4. The zero-order valence-electron chi connectivity index (χ0n) is 9.41. The summed E-state index contributed by atoms with van der Waals surface area (Å²) in [7, 11) is 0. The molecule has 2 amide bonds. The third-order valence-corrected chi connectivity index (χ3v) is 2.46. The van der Waals surface area contributed by atoms with Crippen molar-refractivity contribution in [2.24, 2.45) is 5.73 Å². The third-order valence-electron chi connectivity index (χ3n) is 2.46. The molecule has 1 aromatic rings. The van der Waals surface area contributed by atoms with Crippen LogP contribution in [-0.4, -0.2) is 22.0 Å². The van der Waals surface area contributed by atoms with Crippen molar-refractivity contribution in [2.75, 3.05) is 0 Å². The van der Waals surface area contributed by atoms with Crippen molar-refractivity contribution in [1.82, 2.24) is 5.32 Å². The van der Waals surface area contributed by atoms with E-state index in [-0.39, 0.29) is 11.3 Å². The van der Waals surface area contributed by atoms with Gasteiger partial charge in [-0.15, -0.1) is 0 Å². The van der Waals surface area contributed by atoms with Gasteiger partial charge in [0.25, 0.3) is 5.69 Å². The van der Waals surface area contributed by atoms with Crippen molar-refractivity contribution in [1.29, 1.82) is 0 Å². The summed E-state index contributed by atoms with van der Waals surface area (Å²) in [6.07, 6.45) is 0. The molecule has 0 saturated carbocycles. The molecule has 8 nitrogen and oxygen atoms in total. The summed E-state index contributed by atoms with van der Waals surface area (Å²) in [5.41, 5.74) is 3.18. The minimum atomic E-state index is -1.74. The number of amides is 2. The number of nitrogens with one attached hydrogen (secondary N) is 1. The van der Waals surface area contributed by atoms with Gasteiger partial charge in [0, 0.05) is 12.1 Å². The Bertz CT molecular complexity index is 499. The zero-order chi connectivity index (χ0) is 13.9. The monoisotopic (exact) mass is 253 g/mol. The van der Waals surface area contributed by atoms with E-state index in [1.54, 1.807) is 0 Å². The molecule has 8 heteroatoms. The summed E-state index contributed by atoms with van der Waals surface area (Å²) in [5, 5.41) is 21.7. The van der Waals surface area contributed by atoms with Crippen molar-refractivity contribution in [3.05, 3.63) is 39.9 Å². The Labute approximate surface area is 102 Å². The van der Waals surface area contributed by atoms with E-state index in [0.29, 0.717) is 0 Å². The molecule has 18 heavy (non-hydrogen) atoms. The second kappa shape index (κ2) is 4.70. The number of benzene rings is 1. The molecule has 0 bridgehead atoms. The van der Waals surface area contributed by atoms with E-state index in [2.05, 4.69) is 5.32 Å². The fourth-order valence-electron chi connectivity index (χ4n) is 1.41. The maximum atomic E-state index is 11.2. The molecule has 1 unspecified atom stereocenters. The molecule has 0 aliphatic rings. The topological polar surface area (TPSA) is 136 Å². The molecule has 0 saturated heterocycles. The average molecular weight is 253 g/mol. The Morgan fingerprint density at radius 3 is 2.22 bits per heavy atom. The number of nitro groups is 1. The number of nitrogens with two attached hydrogens (primary N) is 1. The molecule has 0 aromatic heterocycles. The number of rotatable bonds is 4. The lowest BCUT2D eigenvalue weighted by Gasteiger charge is -2.25. The highest BCUT2D eigenvalue weighted by molar-refractivity contribution is 5.86. The van der Waals surface area contributed by atoms with E-state index in [1.165, 1.54) is 19.1 Å². The standard InChI is InChI=1S/C10H11N3O5/c1-10(8(14)15,12-9(11)16)6-2-4-7(5-3-6)13(17)18/h2-5H,1H3,(H,14,15)(H3,11,12,16). The van der Waals surface area contributed by atoms with Gasteiger partial charge in [-0.2, -0.15) is 0 Å². The fourth-order valence-corrected chi connectivity index (χ4v) is 1.41. The van der Waals surface area contributed by atoms with E-state index in [4.69, 9.17) is 10.8 Å². The van der Waals surface area contributed by atoms with Gasteiger partial charge in [0.15, 0.2) is 5.54 Å². The maximum absolute atomic E-state index is 11.2. The second-order valence-electron chi connectivity index (χ2n) is 3.72. The number of carboxylic acids is 1. The van der Waals surface area contributed by atoms with Crippen LogP contribution in [0.25, 0.3) is 0 Å². The summed E-state index contributed by atoms with van der Waals surface area (Å²) < 4.78 is 0. The highest BCUT2D eigenvalue weighted by Gasteiger charge is 2.36. The molecule has 0 heterocycles. The minimum absolute atomic E-state index is 0.175. The molecule has 96 valence electrons. The van der Waals surface area contributed by atoms with Crippen molar-refractivity contribution in [3.63, 3.8) is 0 Å². The summed E-state index contributed by atoms with van der Waals surface area (Å²) >= 11 is 0. The first kappa shape index (κ1) is 13.4. The second-order valence-corrected chi connectivity index (χ2v) is 3.72. The molecule has 0 aliphatic carbocycles. The molecule has 4 N–H and O–H groups in total. The summed E-state index contributed by atoms with van der Waals surface area (Å²) in [6, 6.07) is 3.81. The smallest absolute Gasteiger partial charge is 0.333 e. The van der Waals surface area contributed by atoms with Gasteiger partial charge in [-0.05, 0) is 24.6 Å². The quantitative estimate of drug-likeness (QED) is 0.532. The molecule has 0 spiro atoms. The van der Waals surface area contributed by atoms with Gasteiger partial charge in [0.05, 0.1) is 4.92 Å². The number of non-ortho nitro benzene ring substituents is 1. The zero-order valence-corrected chi connectivity index (χ0v) is 9.41. The largest absolute Gasteiger partial charge is 0.479 e. The van der Waals surface area contributed by atoms with Crippen molar-refractivity contribution in [3.8, 4) is 0 Å². The maximum Gasteiger partial charge on any atom is 0.333 e. The Hall–Kier alpha value is -2.64. The lowest BCUT2D eigenvalue weighted by molar-refractivity contribution is -0.384. The molecule has 0 aliphatic heterocycles. The molecule has 1 atom stereocenters. The molecule has 0 radical (unpaired) electrons. The van der Waals surface area contributed by atoms with Gasteiger partial charge >= 0.3 is 12.0 Å². The molecule has 1 aromatic carbocycles. The van der Waals surface area contributed by atoms with E-state index in [0.717, 1.165) is 12.1 Å². The van der Waals surface area contributed by atoms with Gasteiger partial charge in [-0.25, -0.2) is 9.59 Å². The third kappa shape index (κ3) is 2.54. The van der Waals surface area contributed by atoms with Crippen LogP contribution in [-0.2, 0) is 10.3 Å². The molecular formula is C10H11N3O5. The van der Waals surface area contributed by atoms with Crippen LogP contribution in [0.15, 0.2) is 24.3 Å². The number of carbonyl (C=O) groups is 2. The Kier molecular flexibility index (Phi) is 3.50. The lowest BCUT2D eigenvalue weighted by Crippen LogP contribution is -2.51. The number of primary amides is 1. The van der Waals surface area contributed by atoms with Gasteiger partial charge < -0.3 is 16.2 Å². The number of nitrogens with zero attached hydrogens (tertiary/aromatic N) is 1. The number of carboxylic acid groups (broad SMARTS) is 1. The Morgan fingerprint density at radius 1 is 1.39 bits per heavy atom. The first-order valence-corrected chi connectivity index (χ1v) is 4.83. The summed E-state index contributed by atoms with van der Waals surface area (Å²) in [5.74, 6) is -1.32. The number of urea groups is 1. The van der Waals surface area contributed by atoms with Crippen LogP contribution in [0.5, 0.6) is 0 Å². The molecular weight excluding hydrogens is 242 g/mol. The van der Waals surface area contributed by atoms with Crippen molar-refractivity contribution < 1.29 is 19.6 Å². The van der Waals surface area contributed by atoms with E-state index < -0.39 is 22.5 Å². The highest BCUT2D eigenvalue weighted by atomic mass is 16.6. The number of aliphatic carboxylic acids is 1. The van der Waals surface area contributed by atoms with Crippen LogP contribution in [0.4, 0.5) is 10.5 Å². The first-order valence-electron chi connectivity index (χ1n) is 4.83. The van der Waals surface area contributed by atoms with Crippen LogP contribution in [0.3, 0.4) is 0 Å². The highest BCUT2D eigenvalue weighted by Crippen LogP contribution is 2.23. The number of carbonyl (C=O) groups excluding carboxylic acids is 1.